The van der Waals surface area contributed by atoms with E-state index >= 15 is 0 Å². The lowest BCUT2D eigenvalue weighted by Crippen LogP contribution is -2.47. The number of nitrogens with zero attached hydrogens (tertiary/aromatic N) is 6. The van der Waals surface area contributed by atoms with E-state index in [1.165, 1.54) is 6.07 Å². The summed E-state index contributed by atoms with van der Waals surface area (Å²) in [6, 6.07) is 3.48. The fourth-order valence-corrected chi connectivity index (χ4v) is 3.35. The summed E-state index contributed by atoms with van der Waals surface area (Å²) in [5.74, 6) is 1.02. The molecule has 0 unspecified atom stereocenters. The Morgan fingerprint density at radius 2 is 1.75 bits per heavy atom. The fourth-order valence-electron chi connectivity index (χ4n) is 3.04. The van der Waals surface area contributed by atoms with Gasteiger partial charge in [-0.25, -0.2) is 18.9 Å². The number of anilines is 2. The van der Waals surface area contributed by atoms with Crippen LogP contribution >= 0.6 is 15.9 Å². The zero-order valence-electron chi connectivity index (χ0n) is 13.2. The lowest BCUT2D eigenvalue weighted by atomic mass is 10.3. The number of pyridine rings is 1. The van der Waals surface area contributed by atoms with Gasteiger partial charge in [0.15, 0.2) is 17.5 Å². The molecule has 1 fully saturated rings. The molecule has 3 aromatic heterocycles. The van der Waals surface area contributed by atoms with Crippen molar-refractivity contribution < 1.29 is 4.39 Å². The quantitative estimate of drug-likeness (QED) is 0.673. The number of halogens is 2. The first-order chi connectivity index (χ1) is 11.6. The van der Waals surface area contributed by atoms with E-state index in [0.29, 0.717) is 23.4 Å². The van der Waals surface area contributed by atoms with Gasteiger partial charge in [-0.2, -0.15) is 5.10 Å². The third kappa shape index (κ3) is 2.71. The van der Waals surface area contributed by atoms with E-state index in [1.54, 1.807) is 12.4 Å². The molecule has 0 amide bonds. The molecule has 0 aromatic carbocycles. The Balaban J connectivity index is 1.55. The van der Waals surface area contributed by atoms with Crippen LogP contribution in [-0.4, -0.2) is 45.8 Å². The number of aromatic nitrogens is 4. The van der Waals surface area contributed by atoms with Crippen LogP contribution in [0.2, 0.25) is 0 Å². The minimum Gasteiger partial charge on any atom is -0.351 e. The molecule has 8 heteroatoms. The van der Waals surface area contributed by atoms with Crippen LogP contribution in [0, 0.1) is 12.7 Å². The van der Waals surface area contributed by atoms with E-state index in [9.17, 15) is 4.39 Å². The summed E-state index contributed by atoms with van der Waals surface area (Å²) in [6.45, 7) is 4.88. The van der Waals surface area contributed by atoms with Gasteiger partial charge in [0.1, 0.15) is 5.52 Å². The number of hydrogen-bond donors (Lipinski definition) is 0. The standard InChI is InChI=1S/C16H16BrFN6/c1-11-8-14-16(19-2-3-24(14)21-11)23-6-4-22(5-7-23)15-13(18)9-12(17)10-20-15/h2-3,8-10H,4-7H2,1H3. The van der Waals surface area contributed by atoms with Crippen molar-refractivity contribution in [3.63, 3.8) is 0 Å². The minimum atomic E-state index is -0.301. The molecule has 0 aliphatic carbocycles. The van der Waals surface area contributed by atoms with Gasteiger partial charge in [-0.1, -0.05) is 0 Å². The molecule has 0 bridgehead atoms. The van der Waals surface area contributed by atoms with Crippen LogP contribution in [0.1, 0.15) is 5.69 Å². The zero-order valence-corrected chi connectivity index (χ0v) is 14.7. The third-order valence-electron chi connectivity index (χ3n) is 4.16. The van der Waals surface area contributed by atoms with E-state index in [2.05, 4.69) is 35.9 Å². The smallest absolute Gasteiger partial charge is 0.166 e. The fraction of sp³-hybridized carbons (Fsp3) is 0.312. The highest BCUT2D eigenvalue weighted by Gasteiger charge is 2.23. The van der Waals surface area contributed by atoms with Crippen LogP contribution in [0.3, 0.4) is 0 Å². The van der Waals surface area contributed by atoms with Crippen molar-refractivity contribution in [2.75, 3.05) is 36.0 Å². The summed E-state index contributed by atoms with van der Waals surface area (Å²) >= 11 is 3.24. The van der Waals surface area contributed by atoms with Crippen molar-refractivity contribution in [2.45, 2.75) is 6.92 Å². The number of piperazine rings is 1. The van der Waals surface area contributed by atoms with Gasteiger partial charge in [0.05, 0.1) is 5.69 Å². The normalized spacial score (nSPS) is 15.3. The van der Waals surface area contributed by atoms with Crippen molar-refractivity contribution in [1.29, 1.82) is 0 Å². The Kier molecular flexibility index (Phi) is 3.84. The summed E-state index contributed by atoms with van der Waals surface area (Å²) in [6.07, 6.45) is 5.24. The van der Waals surface area contributed by atoms with Crippen molar-refractivity contribution >= 4 is 33.1 Å². The second-order valence-corrected chi connectivity index (χ2v) is 6.72. The molecule has 0 spiro atoms. The maximum absolute atomic E-state index is 14.1. The first kappa shape index (κ1) is 15.3. The SMILES string of the molecule is Cc1cc2c(N3CCN(c4ncc(Br)cc4F)CC3)nccn2n1. The molecule has 24 heavy (non-hydrogen) atoms. The minimum absolute atomic E-state index is 0.301. The average Bonchev–Trinajstić information content (AvgIpc) is 2.95. The molecule has 124 valence electrons. The third-order valence-corrected chi connectivity index (χ3v) is 4.59. The average molecular weight is 391 g/mol. The number of fused-ring (bicyclic) bond motifs is 1. The maximum atomic E-state index is 14.1. The molecule has 1 saturated heterocycles. The molecular weight excluding hydrogens is 375 g/mol. The van der Waals surface area contributed by atoms with Crippen molar-refractivity contribution in [1.82, 2.24) is 19.6 Å². The summed E-state index contributed by atoms with van der Waals surface area (Å²) in [7, 11) is 0. The highest BCUT2D eigenvalue weighted by molar-refractivity contribution is 9.10. The van der Waals surface area contributed by atoms with Crippen LogP contribution in [-0.2, 0) is 0 Å². The van der Waals surface area contributed by atoms with E-state index < -0.39 is 0 Å². The monoisotopic (exact) mass is 390 g/mol. The van der Waals surface area contributed by atoms with Gasteiger partial charge < -0.3 is 9.80 Å². The number of hydrogen-bond acceptors (Lipinski definition) is 5. The lowest BCUT2D eigenvalue weighted by Gasteiger charge is -2.36. The van der Waals surface area contributed by atoms with Gasteiger partial charge in [0.2, 0.25) is 0 Å². The van der Waals surface area contributed by atoms with Crippen molar-refractivity contribution in [2.24, 2.45) is 0 Å². The molecule has 1 aliphatic heterocycles. The Morgan fingerprint density at radius 1 is 1.04 bits per heavy atom. The summed E-state index contributed by atoms with van der Waals surface area (Å²) in [5.41, 5.74) is 1.96. The predicted molar refractivity (Wildman–Crippen MR) is 94.0 cm³/mol. The molecular formula is C16H16BrFN6. The second kappa shape index (κ2) is 6.01. The molecule has 1 aliphatic rings. The van der Waals surface area contributed by atoms with E-state index in [1.807, 2.05) is 28.6 Å². The highest BCUT2D eigenvalue weighted by Crippen LogP contribution is 2.24. The van der Waals surface area contributed by atoms with Crippen molar-refractivity contribution in [3.8, 4) is 0 Å². The largest absolute Gasteiger partial charge is 0.351 e. The Labute approximate surface area is 147 Å². The Morgan fingerprint density at radius 3 is 2.46 bits per heavy atom. The van der Waals surface area contributed by atoms with Crippen molar-refractivity contribution in [3.05, 3.63) is 46.7 Å². The predicted octanol–water partition coefficient (Wildman–Crippen LogP) is 2.66. The van der Waals surface area contributed by atoms with Gasteiger partial charge in [0, 0.05) is 49.2 Å². The molecule has 3 aromatic rings. The zero-order chi connectivity index (χ0) is 16.7. The van der Waals surface area contributed by atoms with Crippen LogP contribution in [0.25, 0.3) is 5.52 Å². The van der Waals surface area contributed by atoms with Gasteiger partial charge in [-0.05, 0) is 35.0 Å². The maximum Gasteiger partial charge on any atom is 0.166 e. The Hall–Kier alpha value is -2.22. The second-order valence-electron chi connectivity index (χ2n) is 5.80. The van der Waals surface area contributed by atoms with Crippen LogP contribution in [0.15, 0.2) is 35.2 Å². The number of aryl methyl sites for hydroxylation is 1. The first-order valence-corrected chi connectivity index (χ1v) is 8.53. The van der Waals surface area contributed by atoms with Crippen LogP contribution in [0.4, 0.5) is 16.0 Å². The molecule has 6 nitrogen and oxygen atoms in total. The van der Waals surface area contributed by atoms with E-state index in [-0.39, 0.29) is 5.82 Å². The molecule has 0 atom stereocenters. The van der Waals surface area contributed by atoms with Gasteiger partial charge in [0.25, 0.3) is 0 Å². The molecule has 0 radical (unpaired) electrons. The van der Waals surface area contributed by atoms with Crippen LogP contribution < -0.4 is 9.80 Å². The Bertz CT molecular complexity index is 887. The number of rotatable bonds is 2. The van der Waals surface area contributed by atoms with E-state index in [0.717, 1.165) is 30.1 Å². The molecule has 4 rings (SSSR count). The first-order valence-electron chi connectivity index (χ1n) is 7.74. The summed E-state index contributed by atoms with van der Waals surface area (Å²) in [4.78, 5) is 12.9. The van der Waals surface area contributed by atoms with E-state index in [4.69, 9.17) is 0 Å². The molecule has 0 N–H and O–H groups in total. The molecule has 0 saturated carbocycles. The van der Waals surface area contributed by atoms with Gasteiger partial charge in [-0.3, -0.25) is 0 Å². The summed E-state index contributed by atoms with van der Waals surface area (Å²) in [5, 5.41) is 4.43. The highest BCUT2D eigenvalue weighted by atomic mass is 79.9. The molecule has 4 heterocycles. The topological polar surface area (TPSA) is 49.6 Å². The van der Waals surface area contributed by atoms with Gasteiger partial charge >= 0.3 is 0 Å². The van der Waals surface area contributed by atoms with Crippen LogP contribution in [0.5, 0.6) is 0 Å². The summed E-state index contributed by atoms with van der Waals surface area (Å²) < 4.78 is 16.6. The lowest BCUT2D eigenvalue weighted by molar-refractivity contribution is 0.586. The van der Waals surface area contributed by atoms with Gasteiger partial charge in [-0.15, -0.1) is 0 Å².